The van der Waals surface area contributed by atoms with E-state index in [0.29, 0.717) is 29.7 Å². The summed E-state index contributed by atoms with van der Waals surface area (Å²) >= 11 is 6.01. The van der Waals surface area contributed by atoms with Gasteiger partial charge >= 0.3 is 0 Å². The SMILES string of the molecule is Cc1cccc(-n2cc(-c3ccccc3)nc2NC(=O)CN(C[C@@H]2CCCO2)C(=O)c2ccc(Cl)cc2)c1. The summed E-state index contributed by atoms with van der Waals surface area (Å²) in [5.74, 6) is -0.209. The van der Waals surface area contributed by atoms with Crippen LogP contribution in [0.5, 0.6) is 0 Å². The Kier molecular flexibility index (Phi) is 7.86. The molecule has 8 heteroatoms. The van der Waals surface area contributed by atoms with Gasteiger partial charge in [-0.1, -0.05) is 54.1 Å². The Morgan fingerprint density at radius 1 is 1.08 bits per heavy atom. The summed E-state index contributed by atoms with van der Waals surface area (Å²) in [6.45, 7) is 2.87. The highest BCUT2D eigenvalue weighted by Crippen LogP contribution is 2.25. The normalized spacial score (nSPS) is 14.8. The second kappa shape index (κ2) is 11.6. The lowest BCUT2D eigenvalue weighted by molar-refractivity contribution is -0.117. The Morgan fingerprint density at radius 2 is 1.87 bits per heavy atom. The zero-order valence-corrected chi connectivity index (χ0v) is 21.9. The van der Waals surface area contributed by atoms with Crippen molar-refractivity contribution in [1.82, 2.24) is 14.5 Å². The van der Waals surface area contributed by atoms with Gasteiger partial charge in [-0.2, -0.15) is 0 Å². The molecule has 1 atom stereocenters. The summed E-state index contributed by atoms with van der Waals surface area (Å²) in [5, 5.41) is 3.49. The number of amides is 2. The smallest absolute Gasteiger partial charge is 0.254 e. The van der Waals surface area contributed by atoms with E-state index in [0.717, 1.165) is 35.3 Å². The monoisotopic (exact) mass is 528 g/mol. The predicted molar refractivity (Wildman–Crippen MR) is 149 cm³/mol. The number of ether oxygens (including phenoxy) is 1. The minimum absolute atomic E-state index is 0.0991. The average Bonchev–Trinajstić information content (AvgIpc) is 3.59. The van der Waals surface area contributed by atoms with E-state index < -0.39 is 0 Å². The first-order valence-corrected chi connectivity index (χ1v) is 13.0. The summed E-state index contributed by atoms with van der Waals surface area (Å²) < 4.78 is 7.63. The molecule has 0 radical (unpaired) electrons. The number of nitrogens with zero attached hydrogens (tertiary/aromatic N) is 3. The van der Waals surface area contributed by atoms with Crippen LogP contribution in [0.1, 0.15) is 28.8 Å². The number of halogens is 1. The summed E-state index contributed by atoms with van der Waals surface area (Å²) in [6, 6.07) is 24.4. The molecule has 1 N–H and O–H groups in total. The Balaban J connectivity index is 1.41. The van der Waals surface area contributed by atoms with Crippen LogP contribution in [-0.4, -0.2) is 52.1 Å². The lowest BCUT2D eigenvalue weighted by Crippen LogP contribution is -2.42. The molecule has 1 saturated heterocycles. The minimum Gasteiger partial charge on any atom is -0.376 e. The van der Waals surface area contributed by atoms with E-state index in [1.165, 1.54) is 4.90 Å². The molecule has 0 aliphatic carbocycles. The predicted octanol–water partition coefficient (Wildman–Crippen LogP) is 5.76. The van der Waals surface area contributed by atoms with E-state index >= 15 is 0 Å². The van der Waals surface area contributed by atoms with Gasteiger partial charge < -0.3 is 9.64 Å². The number of nitrogens with one attached hydrogen (secondary N) is 1. The van der Waals surface area contributed by atoms with Crippen molar-refractivity contribution in [2.24, 2.45) is 0 Å². The number of carbonyl (C=O) groups is 2. The molecule has 38 heavy (non-hydrogen) atoms. The highest BCUT2D eigenvalue weighted by Gasteiger charge is 2.26. The molecule has 0 spiro atoms. The van der Waals surface area contributed by atoms with Crippen molar-refractivity contribution >= 4 is 29.4 Å². The van der Waals surface area contributed by atoms with Crippen molar-refractivity contribution in [3.63, 3.8) is 0 Å². The van der Waals surface area contributed by atoms with E-state index in [1.54, 1.807) is 24.3 Å². The van der Waals surface area contributed by atoms with Crippen molar-refractivity contribution in [1.29, 1.82) is 0 Å². The fourth-order valence-corrected chi connectivity index (χ4v) is 4.68. The first-order chi connectivity index (χ1) is 18.5. The molecule has 1 aromatic heterocycles. The largest absolute Gasteiger partial charge is 0.376 e. The molecule has 194 valence electrons. The standard InChI is InChI=1S/C30H29ClN4O3/c1-21-7-5-10-25(17-21)35-19-27(22-8-3-2-4-9-22)32-30(35)33-28(36)20-34(18-26-11-6-16-38-26)29(37)23-12-14-24(31)15-13-23/h2-5,7-10,12-15,17,19,26H,6,11,16,18,20H2,1H3,(H,32,33,36)/t26-/m0/s1. The van der Waals surface area contributed by atoms with Gasteiger partial charge in [0.15, 0.2) is 0 Å². The van der Waals surface area contributed by atoms with E-state index in [4.69, 9.17) is 21.3 Å². The summed E-state index contributed by atoms with van der Waals surface area (Å²) in [6.07, 6.45) is 3.60. The second-order valence-corrected chi connectivity index (χ2v) is 9.84. The highest BCUT2D eigenvalue weighted by atomic mass is 35.5. The van der Waals surface area contributed by atoms with Gasteiger partial charge in [0.1, 0.15) is 6.54 Å². The van der Waals surface area contributed by atoms with Gasteiger partial charge in [-0.15, -0.1) is 0 Å². The number of anilines is 1. The van der Waals surface area contributed by atoms with Gasteiger partial charge in [0.25, 0.3) is 5.91 Å². The number of aromatic nitrogens is 2. The molecule has 0 bridgehead atoms. The quantitative estimate of drug-likeness (QED) is 0.315. The van der Waals surface area contributed by atoms with Crippen LogP contribution in [0.15, 0.2) is 85.1 Å². The van der Waals surface area contributed by atoms with Gasteiger partial charge in [0.05, 0.1) is 11.8 Å². The van der Waals surface area contributed by atoms with Crippen LogP contribution in [0.4, 0.5) is 5.95 Å². The van der Waals surface area contributed by atoms with Crippen LogP contribution in [0.3, 0.4) is 0 Å². The van der Waals surface area contributed by atoms with Gasteiger partial charge in [0, 0.05) is 41.2 Å². The average molecular weight is 529 g/mol. The number of carbonyl (C=O) groups excluding carboxylic acids is 2. The van der Waals surface area contributed by atoms with Crippen LogP contribution < -0.4 is 5.32 Å². The number of aryl methyl sites for hydroxylation is 1. The van der Waals surface area contributed by atoms with Crippen LogP contribution in [-0.2, 0) is 9.53 Å². The number of imidazole rings is 1. The molecule has 3 aromatic carbocycles. The molecule has 5 rings (SSSR count). The van der Waals surface area contributed by atoms with Crippen molar-refractivity contribution in [2.75, 3.05) is 25.0 Å². The molecule has 4 aromatic rings. The van der Waals surface area contributed by atoms with Crippen molar-refractivity contribution in [3.05, 3.63) is 101 Å². The number of hydrogen-bond acceptors (Lipinski definition) is 4. The maximum Gasteiger partial charge on any atom is 0.254 e. The molecule has 2 heterocycles. The third-order valence-corrected chi connectivity index (χ3v) is 6.72. The van der Waals surface area contributed by atoms with Gasteiger partial charge in [0.2, 0.25) is 11.9 Å². The first kappa shape index (κ1) is 25.7. The molecule has 1 aliphatic heterocycles. The Bertz CT molecular complexity index is 1410. The van der Waals surface area contributed by atoms with Crippen LogP contribution in [0.25, 0.3) is 16.9 Å². The molecule has 0 saturated carbocycles. The summed E-state index contributed by atoms with van der Waals surface area (Å²) in [4.78, 5) is 33.0. The Labute approximate surface area is 227 Å². The zero-order chi connectivity index (χ0) is 26.5. The Morgan fingerprint density at radius 3 is 2.58 bits per heavy atom. The fraction of sp³-hybridized carbons (Fsp3) is 0.233. The van der Waals surface area contributed by atoms with Crippen molar-refractivity contribution in [3.8, 4) is 16.9 Å². The molecule has 7 nitrogen and oxygen atoms in total. The lowest BCUT2D eigenvalue weighted by atomic mass is 10.1. The van der Waals surface area contributed by atoms with Crippen LogP contribution >= 0.6 is 11.6 Å². The van der Waals surface area contributed by atoms with Gasteiger partial charge in [-0.25, -0.2) is 4.98 Å². The van der Waals surface area contributed by atoms with Crippen LogP contribution in [0.2, 0.25) is 5.02 Å². The highest BCUT2D eigenvalue weighted by molar-refractivity contribution is 6.30. The number of rotatable bonds is 8. The van der Waals surface area contributed by atoms with E-state index in [9.17, 15) is 9.59 Å². The maximum absolute atomic E-state index is 13.4. The lowest BCUT2D eigenvalue weighted by Gasteiger charge is -2.25. The second-order valence-electron chi connectivity index (χ2n) is 9.40. The number of benzene rings is 3. The topological polar surface area (TPSA) is 76.5 Å². The molecular weight excluding hydrogens is 500 g/mol. The number of hydrogen-bond donors (Lipinski definition) is 1. The Hall–Kier alpha value is -3.94. The third kappa shape index (κ3) is 6.13. The van der Waals surface area contributed by atoms with E-state index in [-0.39, 0.29) is 24.5 Å². The molecule has 1 aliphatic rings. The minimum atomic E-state index is -0.343. The fourth-order valence-electron chi connectivity index (χ4n) is 4.56. The maximum atomic E-state index is 13.4. The molecule has 2 amide bonds. The molecule has 1 fully saturated rings. The van der Waals surface area contributed by atoms with Crippen LogP contribution in [0, 0.1) is 6.92 Å². The summed E-state index contributed by atoms with van der Waals surface area (Å²) in [7, 11) is 0. The molecule has 0 unspecified atom stereocenters. The van der Waals surface area contributed by atoms with E-state index in [1.807, 2.05) is 72.3 Å². The van der Waals surface area contributed by atoms with E-state index in [2.05, 4.69) is 5.32 Å². The van der Waals surface area contributed by atoms with Gasteiger partial charge in [-0.3, -0.25) is 19.5 Å². The van der Waals surface area contributed by atoms with Crippen molar-refractivity contribution < 1.29 is 14.3 Å². The zero-order valence-electron chi connectivity index (χ0n) is 21.1. The molecular formula is C30H29ClN4O3. The first-order valence-electron chi connectivity index (χ1n) is 12.6. The van der Waals surface area contributed by atoms with Gasteiger partial charge in [-0.05, 0) is 61.7 Å². The summed E-state index contributed by atoms with van der Waals surface area (Å²) in [5.41, 5.74) is 4.10. The van der Waals surface area contributed by atoms with Crippen molar-refractivity contribution in [2.45, 2.75) is 25.9 Å². The third-order valence-electron chi connectivity index (χ3n) is 6.47.